The average Bonchev–Trinajstić information content (AvgIpc) is 3.99. The lowest BCUT2D eigenvalue weighted by molar-refractivity contribution is -0.384. The summed E-state index contributed by atoms with van der Waals surface area (Å²) in [4.78, 5) is 43.1. The molecule has 3 atom stereocenters. The van der Waals surface area contributed by atoms with Crippen LogP contribution in [-0.2, 0) is 14.8 Å². The second-order valence-electron chi connectivity index (χ2n) is 19.3. The monoisotopic (exact) mass is 931 g/mol. The number of hydrogen-bond acceptors (Lipinski definition) is 14. The van der Waals surface area contributed by atoms with Gasteiger partial charge in [0.1, 0.15) is 24.0 Å². The summed E-state index contributed by atoms with van der Waals surface area (Å²) in [5.74, 6) is -0.467. The Balaban J connectivity index is 0.854. The quantitative estimate of drug-likeness (QED) is 0.0969. The first-order valence-corrected chi connectivity index (χ1v) is 25.1. The number of nitro benzene ring substituents is 1. The molecule has 5 aromatic rings. The summed E-state index contributed by atoms with van der Waals surface area (Å²) < 4.78 is 48.3. The highest BCUT2D eigenvalue weighted by Gasteiger charge is 2.50. The van der Waals surface area contributed by atoms with Crippen molar-refractivity contribution in [3.8, 4) is 11.6 Å². The number of morpholine rings is 1. The Morgan fingerprint density at radius 2 is 1.81 bits per heavy atom. The number of aryl methyl sites for hydroxylation is 1. The molecule has 1 spiro atoms. The highest BCUT2D eigenvalue weighted by molar-refractivity contribution is 7.90. The lowest BCUT2D eigenvalue weighted by atomic mass is 9.59. The summed E-state index contributed by atoms with van der Waals surface area (Å²) in [6, 6.07) is 21.3. The Bertz CT molecular complexity index is 2830. The maximum atomic E-state index is 14.5. The fourth-order valence-corrected chi connectivity index (χ4v) is 12.5. The van der Waals surface area contributed by atoms with Crippen molar-refractivity contribution in [3.63, 3.8) is 0 Å². The van der Waals surface area contributed by atoms with Crippen LogP contribution in [-0.4, -0.2) is 123 Å². The highest BCUT2D eigenvalue weighted by atomic mass is 32.2. The molecule has 1 amide bonds. The molecule has 18 heteroatoms. The molecule has 0 unspecified atom stereocenters. The van der Waals surface area contributed by atoms with E-state index in [0.29, 0.717) is 66.7 Å². The molecule has 1 saturated carbocycles. The molecule has 0 bridgehead atoms. The number of H-pyrrole nitrogens is 1. The minimum atomic E-state index is -4.65. The van der Waals surface area contributed by atoms with E-state index in [1.165, 1.54) is 42.9 Å². The van der Waals surface area contributed by atoms with Gasteiger partial charge in [0.15, 0.2) is 11.4 Å². The van der Waals surface area contributed by atoms with Gasteiger partial charge in [0.25, 0.3) is 21.6 Å². The van der Waals surface area contributed by atoms with Gasteiger partial charge in [-0.2, -0.15) is 4.98 Å². The molecule has 6 aliphatic rings. The molecule has 5 aliphatic heterocycles. The zero-order chi connectivity index (χ0) is 46.0. The summed E-state index contributed by atoms with van der Waals surface area (Å²) in [6.07, 6.45) is 8.47. The van der Waals surface area contributed by atoms with Gasteiger partial charge in [-0.15, -0.1) is 0 Å². The van der Waals surface area contributed by atoms with Crippen LogP contribution < -0.4 is 29.3 Å². The van der Waals surface area contributed by atoms with Gasteiger partial charge in [-0.25, -0.2) is 13.1 Å². The first-order chi connectivity index (χ1) is 32.4. The van der Waals surface area contributed by atoms with E-state index in [-0.39, 0.29) is 35.8 Å². The molecule has 4 fully saturated rings. The number of ether oxygens (including phenoxy) is 3. The lowest BCUT2D eigenvalue weighted by Gasteiger charge is -2.56. The standard InChI is InChI=1S/C49H57N9O8S/c1-31-6-3-4-7-38(31)40-8-5-15-56(40)36-26-49(27-36)12-16-55(17-13-49)35-9-10-39(41(23-35)57-28-32(2)66-48-43(57)22-33-11-14-50-46(33)52-48)47(59)53-67(62,63)37-24-42(58(60)61)45-44(25-37)65-30-34(51-45)29-54-18-20-64-21-19-54/h3-4,6-7,9-11,14,22-25,32,34,36,40,51H,5,8,12-13,15-21,26-30H2,1-2H3,(H,50,52)(H,53,59)/t32-,34-,40+/m1/s1. The number of carbonyl (C=O) groups is 1. The van der Waals surface area contributed by atoms with Crippen LogP contribution in [0.2, 0.25) is 0 Å². The van der Waals surface area contributed by atoms with Gasteiger partial charge in [0.05, 0.1) is 46.9 Å². The number of nitro groups is 1. The SMILES string of the molecule is Cc1ccccc1[C@@H]1CCCN1C1CC2(CCN(c3ccc(C(=O)NS(=O)(=O)c4cc5c(c([N+](=O)[O-])c4)N[C@H](CN4CCOCC4)CO5)c(N4C[C@@H](C)Oc5nc6[nH]ccc6cc54)c3)CC2)C1. The van der Waals surface area contributed by atoms with Gasteiger partial charge in [0, 0.05) is 74.2 Å². The van der Waals surface area contributed by atoms with E-state index < -0.39 is 31.4 Å². The summed E-state index contributed by atoms with van der Waals surface area (Å²) in [7, 11) is -4.65. The van der Waals surface area contributed by atoms with Crippen molar-refractivity contribution >= 4 is 55.4 Å². The molecular formula is C49H57N9O8S. The second-order valence-corrected chi connectivity index (χ2v) is 21.0. The molecular weight excluding hydrogens is 875 g/mol. The van der Waals surface area contributed by atoms with Crippen molar-refractivity contribution in [1.29, 1.82) is 0 Å². The zero-order valence-corrected chi connectivity index (χ0v) is 38.7. The summed E-state index contributed by atoms with van der Waals surface area (Å²) in [6.45, 7) is 10.8. The van der Waals surface area contributed by atoms with E-state index in [4.69, 9.17) is 19.2 Å². The Morgan fingerprint density at radius 1 is 1.00 bits per heavy atom. The van der Waals surface area contributed by atoms with Crippen LogP contribution in [0.15, 0.2) is 77.8 Å². The second kappa shape index (κ2) is 17.3. The van der Waals surface area contributed by atoms with Gasteiger partial charge in [-0.1, -0.05) is 24.3 Å². The molecule has 3 saturated heterocycles. The molecule has 11 rings (SSSR count). The number of carbonyl (C=O) groups excluding carboxylic acids is 1. The maximum absolute atomic E-state index is 14.5. The van der Waals surface area contributed by atoms with Crippen LogP contribution >= 0.6 is 0 Å². The fraction of sp³-hybridized carbons (Fsp3) is 0.469. The lowest BCUT2D eigenvalue weighted by Crippen LogP contribution is -2.54. The molecule has 17 nitrogen and oxygen atoms in total. The van der Waals surface area contributed by atoms with Crippen molar-refractivity contribution in [2.75, 3.05) is 80.8 Å². The number of rotatable bonds is 10. The number of aromatic nitrogens is 2. The zero-order valence-electron chi connectivity index (χ0n) is 37.9. The van der Waals surface area contributed by atoms with Gasteiger partial charge >= 0.3 is 0 Å². The van der Waals surface area contributed by atoms with Crippen LogP contribution in [0.3, 0.4) is 0 Å². The Morgan fingerprint density at radius 3 is 2.60 bits per heavy atom. The van der Waals surface area contributed by atoms with Gasteiger partial charge < -0.3 is 34.3 Å². The number of sulfonamides is 1. The minimum absolute atomic E-state index is 0.0241. The van der Waals surface area contributed by atoms with E-state index in [0.717, 1.165) is 62.7 Å². The molecule has 3 N–H and O–H groups in total. The van der Waals surface area contributed by atoms with Crippen molar-refractivity contribution in [3.05, 3.63) is 99.7 Å². The van der Waals surface area contributed by atoms with Crippen molar-refractivity contribution in [1.82, 2.24) is 24.5 Å². The highest BCUT2D eigenvalue weighted by Crippen LogP contribution is 2.54. The third-order valence-corrected chi connectivity index (χ3v) is 16.3. The predicted octanol–water partition coefficient (Wildman–Crippen LogP) is 6.91. The van der Waals surface area contributed by atoms with Gasteiger partial charge in [-0.3, -0.25) is 24.7 Å². The third kappa shape index (κ3) is 8.31. The number of fused-ring (bicyclic) bond motifs is 3. The van der Waals surface area contributed by atoms with E-state index >= 15 is 0 Å². The molecule has 352 valence electrons. The fourth-order valence-electron chi connectivity index (χ4n) is 11.5. The minimum Gasteiger partial charge on any atom is -0.489 e. The van der Waals surface area contributed by atoms with Crippen molar-refractivity contribution in [2.45, 2.75) is 81.5 Å². The Kier molecular flexibility index (Phi) is 11.3. The number of hydrogen-bond donors (Lipinski definition) is 3. The van der Waals surface area contributed by atoms with Gasteiger partial charge in [-0.05, 0) is 106 Å². The van der Waals surface area contributed by atoms with Gasteiger partial charge in [0.2, 0.25) is 5.88 Å². The molecule has 0 radical (unpaired) electrons. The van der Waals surface area contributed by atoms with E-state index in [1.54, 1.807) is 12.3 Å². The number of anilines is 4. The smallest absolute Gasteiger partial charge is 0.297 e. The first-order valence-electron chi connectivity index (χ1n) is 23.6. The molecule has 3 aromatic carbocycles. The Labute approximate surface area is 389 Å². The largest absolute Gasteiger partial charge is 0.489 e. The molecule has 67 heavy (non-hydrogen) atoms. The number of likely N-dealkylation sites (tertiary alicyclic amines) is 1. The van der Waals surface area contributed by atoms with E-state index in [1.807, 2.05) is 36.1 Å². The topological polar surface area (TPSA) is 188 Å². The number of nitrogens with zero attached hydrogens (tertiary/aromatic N) is 6. The van der Waals surface area contributed by atoms with Crippen LogP contribution in [0.4, 0.5) is 28.4 Å². The number of pyridine rings is 1. The number of benzene rings is 3. The summed E-state index contributed by atoms with van der Waals surface area (Å²) >= 11 is 0. The number of piperidine rings is 1. The van der Waals surface area contributed by atoms with Crippen LogP contribution in [0, 0.1) is 22.5 Å². The normalized spacial score (nSPS) is 23.2. The van der Waals surface area contributed by atoms with Crippen LogP contribution in [0.1, 0.15) is 73.0 Å². The maximum Gasteiger partial charge on any atom is 0.297 e. The van der Waals surface area contributed by atoms with E-state index in [2.05, 4.69) is 60.9 Å². The summed E-state index contributed by atoms with van der Waals surface area (Å²) in [5, 5.41) is 16.5. The van der Waals surface area contributed by atoms with Crippen LogP contribution in [0.25, 0.3) is 11.0 Å². The van der Waals surface area contributed by atoms with E-state index in [9.17, 15) is 23.3 Å². The first kappa shape index (κ1) is 43.6. The number of nitrogens with one attached hydrogen (secondary N) is 3. The number of aromatic amines is 1. The van der Waals surface area contributed by atoms with Crippen LogP contribution in [0.5, 0.6) is 11.6 Å². The predicted molar refractivity (Wildman–Crippen MR) is 254 cm³/mol. The number of amides is 1. The molecule has 2 aromatic heterocycles. The third-order valence-electron chi connectivity index (χ3n) is 15.0. The Hall–Kier alpha value is -5.95. The summed E-state index contributed by atoms with van der Waals surface area (Å²) in [5.41, 5.74) is 5.62. The average molecular weight is 932 g/mol. The molecule has 7 heterocycles. The van der Waals surface area contributed by atoms with Crippen molar-refractivity contribution in [2.24, 2.45) is 5.41 Å². The van der Waals surface area contributed by atoms with Crippen molar-refractivity contribution < 1.29 is 32.3 Å². The molecule has 1 aliphatic carbocycles.